The van der Waals surface area contributed by atoms with Crippen LogP contribution in [0.5, 0.6) is 0 Å². The number of thioether (sulfide) groups is 2. The van der Waals surface area contributed by atoms with Crippen LogP contribution in [0.15, 0.2) is 28.0 Å². The van der Waals surface area contributed by atoms with Crippen molar-refractivity contribution in [3.8, 4) is 0 Å². The predicted molar refractivity (Wildman–Crippen MR) is 59.1 cm³/mol. The Morgan fingerprint density at radius 1 is 1.15 bits per heavy atom. The summed E-state index contributed by atoms with van der Waals surface area (Å²) in [7, 11) is 0. The van der Waals surface area contributed by atoms with Gasteiger partial charge in [0.25, 0.3) is 0 Å². The topological polar surface area (TPSA) is 19.9 Å². The molecule has 13 heavy (non-hydrogen) atoms. The van der Waals surface area contributed by atoms with Gasteiger partial charge in [-0.25, -0.2) is 5.11 Å². The molecule has 0 heterocycles. The third-order valence-corrected chi connectivity index (χ3v) is 3.58. The van der Waals surface area contributed by atoms with Crippen molar-refractivity contribution in [2.24, 2.45) is 0 Å². The average molecular weight is 213 g/mol. The van der Waals surface area contributed by atoms with Gasteiger partial charge < -0.3 is 0 Å². The fourth-order valence-corrected chi connectivity index (χ4v) is 2.59. The van der Waals surface area contributed by atoms with Crippen LogP contribution >= 0.6 is 23.5 Å². The Bertz CT molecular complexity index is 284. The summed E-state index contributed by atoms with van der Waals surface area (Å²) in [6.45, 7) is 1.68. The second-order valence-corrected chi connectivity index (χ2v) is 4.45. The highest BCUT2D eigenvalue weighted by atomic mass is 32.2. The van der Waals surface area contributed by atoms with E-state index in [2.05, 4.69) is 6.26 Å². The van der Waals surface area contributed by atoms with E-state index in [1.807, 2.05) is 24.5 Å². The Morgan fingerprint density at radius 3 is 2.23 bits per heavy atom. The van der Waals surface area contributed by atoms with Crippen molar-refractivity contribution in [2.75, 3.05) is 12.5 Å². The van der Waals surface area contributed by atoms with Crippen molar-refractivity contribution in [1.82, 2.24) is 0 Å². The third kappa shape index (κ3) is 2.66. The first-order chi connectivity index (χ1) is 6.19. The standard InChI is InChI=1S/C10H13OS2/c1-7(11)8-4-5-9(12-2)10(6-8)13-3/h4-7H,1-3H3. The molecule has 0 saturated heterocycles. The van der Waals surface area contributed by atoms with Crippen LogP contribution in [0, 0.1) is 0 Å². The maximum atomic E-state index is 11.2. The molecule has 0 fully saturated rings. The maximum absolute atomic E-state index is 11.2. The van der Waals surface area contributed by atoms with Crippen molar-refractivity contribution >= 4 is 23.5 Å². The molecule has 0 aliphatic carbocycles. The highest BCUT2D eigenvalue weighted by Crippen LogP contribution is 2.30. The minimum Gasteiger partial charge on any atom is -0.228 e. The van der Waals surface area contributed by atoms with Gasteiger partial charge in [0.05, 0.1) is 0 Å². The number of hydrogen-bond donors (Lipinski definition) is 0. The van der Waals surface area contributed by atoms with E-state index in [0.717, 1.165) is 5.56 Å². The lowest BCUT2D eigenvalue weighted by molar-refractivity contribution is 0.106. The smallest absolute Gasteiger partial charge is 0.115 e. The van der Waals surface area contributed by atoms with Crippen molar-refractivity contribution in [2.45, 2.75) is 22.8 Å². The summed E-state index contributed by atoms with van der Waals surface area (Å²) in [5.41, 5.74) is 0.877. The quantitative estimate of drug-likeness (QED) is 0.715. The summed E-state index contributed by atoms with van der Waals surface area (Å²) < 4.78 is 0. The molecule has 0 aliphatic rings. The van der Waals surface area contributed by atoms with E-state index in [-0.39, 0.29) is 0 Å². The third-order valence-electron chi connectivity index (χ3n) is 1.88. The van der Waals surface area contributed by atoms with E-state index in [4.69, 9.17) is 0 Å². The van der Waals surface area contributed by atoms with Gasteiger partial charge in [-0.05, 0) is 37.1 Å². The predicted octanol–water partition coefficient (Wildman–Crippen LogP) is 3.62. The molecule has 1 unspecified atom stereocenters. The highest BCUT2D eigenvalue weighted by molar-refractivity contribution is 8.01. The molecule has 1 radical (unpaired) electrons. The largest absolute Gasteiger partial charge is 0.228 e. The van der Waals surface area contributed by atoms with Gasteiger partial charge in [0.15, 0.2) is 0 Å². The molecular formula is C10H13OS2. The number of hydrogen-bond acceptors (Lipinski definition) is 2. The Labute approximate surface area is 87.9 Å². The summed E-state index contributed by atoms with van der Waals surface area (Å²) >= 11 is 3.41. The first kappa shape index (κ1) is 11.0. The van der Waals surface area contributed by atoms with Gasteiger partial charge in [-0.1, -0.05) is 6.07 Å². The lowest BCUT2D eigenvalue weighted by Gasteiger charge is -2.08. The average Bonchev–Trinajstić information content (AvgIpc) is 2.16. The molecule has 0 aliphatic heterocycles. The molecule has 0 amide bonds. The van der Waals surface area contributed by atoms with E-state index in [9.17, 15) is 5.11 Å². The highest BCUT2D eigenvalue weighted by Gasteiger charge is 2.06. The SMILES string of the molecule is CSc1ccc(C(C)[O])cc1SC. The monoisotopic (exact) mass is 213 g/mol. The molecule has 0 aromatic heterocycles. The Balaban J connectivity index is 3.05. The van der Waals surface area contributed by atoms with Crippen LogP contribution in [-0.4, -0.2) is 12.5 Å². The van der Waals surface area contributed by atoms with Crippen LogP contribution in [0.2, 0.25) is 0 Å². The van der Waals surface area contributed by atoms with Crippen molar-refractivity contribution in [3.05, 3.63) is 23.8 Å². The van der Waals surface area contributed by atoms with Crippen LogP contribution in [-0.2, 0) is 5.11 Å². The summed E-state index contributed by atoms with van der Waals surface area (Å²) in [5, 5.41) is 11.2. The van der Waals surface area contributed by atoms with Gasteiger partial charge >= 0.3 is 0 Å². The first-order valence-corrected chi connectivity index (χ1v) is 6.51. The fraction of sp³-hybridized carbons (Fsp3) is 0.400. The fourth-order valence-electron chi connectivity index (χ4n) is 1.11. The Hall–Kier alpha value is -0.120. The van der Waals surface area contributed by atoms with Crippen molar-refractivity contribution in [3.63, 3.8) is 0 Å². The summed E-state index contributed by atoms with van der Waals surface area (Å²) in [6, 6.07) is 5.94. The van der Waals surface area contributed by atoms with Crippen LogP contribution in [0.25, 0.3) is 0 Å². The molecule has 1 aromatic rings. The van der Waals surface area contributed by atoms with Crippen LogP contribution in [0.1, 0.15) is 18.6 Å². The van der Waals surface area contributed by atoms with Gasteiger partial charge in [0, 0.05) is 9.79 Å². The zero-order chi connectivity index (χ0) is 9.84. The summed E-state index contributed by atoms with van der Waals surface area (Å²) in [4.78, 5) is 2.45. The van der Waals surface area contributed by atoms with Gasteiger partial charge in [-0.3, -0.25) is 0 Å². The lowest BCUT2D eigenvalue weighted by atomic mass is 10.1. The molecule has 1 aromatic carbocycles. The molecule has 1 nitrogen and oxygen atoms in total. The Kier molecular flexibility index (Phi) is 4.16. The van der Waals surface area contributed by atoms with E-state index in [1.165, 1.54) is 9.79 Å². The van der Waals surface area contributed by atoms with E-state index in [0.29, 0.717) is 0 Å². The maximum Gasteiger partial charge on any atom is 0.115 e. The number of rotatable bonds is 3. The lowest BCUT2D eigenvalue weighted by Crippen LogP contribution is -1.90. The van der Waals surface area contributed by atoms with E-state index < -0.39 is 6.10 Å². The van der Waals surface area contributed by atoms with E-state index in [1.54, 1.807) is 30.4 Å². The molecule has 0 spiro atoms. The van der Waals surface area contributed by atoms with E-state index >= 15 is 0 Å². The molecular weight excluding hydrogens is 200 g/mol. The zero-order valence-electron chi connectivity index (χ0n) is 8.03. The summed E-state index contributed by atoms with van der Waals surface area (Å²) in [6.07, 6.45) is 3.46. The van der Waals surface area contributed by atoms with Crippen molar-refractivity contribution in [1.29, 1.82) is 0 Å². The van der Waals surface area contributed by atoms with Crippen molar-refractivity contribution < 1.29 is 5.11 Å². The minimum absolute atomic E-state index is 0.623. The van der Waals surface area contributed by atoms with Crippen LogP contribution in [0.3, 0.4) is 0 Å². The van der Waals surface area contributed by atoms with Gasteiger partial charge in [-0.15, -0.1) is 23.5 Å². The molecule has 1 atom stereocenters. The summed E-state index contributed by atoms with van der Waals surface area (Å²) in [5.74, 6) is 0. The molecule has 71 valence electrons. The van der Waals surface area contributed by atoms with Gasteiger partial charge in [-0.2, -0.15) is 0 Å². The van der Waals surface area contributed by atoms with Gasteiger partial charge in [0.2, 0.25) is 0 Å². The minimum atomic E-state index is -0.623. The van der Waals surface area contributed by atoms with Gasteiger partial charge in [0.1, 0.15) is 6.10 Å². The molecule has 1 rings (SSSR count). The normalized spacial score (nSPS) is 12.9. The second-order valence-electron chi connectivity index (χ2n) is 2.76. The zero-order valence-corrected chi connectivity index (χ0v) is 9.67. The first-order valence-electron chi connectivity index (χ1n) is 4.06. The molecule has 0 saturated carbocycles. The van der Waals surface area contributed by atoms with Crippen LogP contribution < -0.4 is 0 Å². The second kappa shape index (κ2) is 4.94. The molecule has 0 bridgehead atoms. The molecule has 0 N–H and O–H groups in total. The number of benzene rings is 1. The van der Waals surface area contributed by atoms with Crippen LogP contribution in [0.4, 0.5) is 0 Å². The Morgan fingerprint density at radius 2 is 1.77 bits per heavy atom. The molecule has 3 heteroatoms.